The Balaban J connectivity index is 1.67. The monoisotopic (exact) mass is 367 g/mol. The van der Waals surface area contributed by atoms with Gasteiger partial charge in [-0.15, -0.1) is 0 Å². The maximum Gasteiger partial charge on any atom is 0.274 e. The highest BCUT2D eigenvalue weighted by Crippen LogP contribution is 2.23. The van der Waals surface area contributed by atoms with Gasteiger partial charge < -0.3 is 15.1 Å². The van der Waals surface area contributed by atoms with Gasteiger partial charge in [-0.3, -0.25) is 4.79 Å². The molecule has 1 aromatic heterocycles. The second kappa shape index (κ2) is 8.05. The molecule has 0 unspecified atom stereocenters. The van der Waals surface area contributed by atoms with Crippen LogP contribution in [0.25, 0.3) is 0 Å². The first-order valence-electron chi connectivity index (χ1n) is 9.58. The number of nitrogens with zero attached hydrogens (tertiary/aromatic N) is 4. The van der Waals surface area contributed by atoms with Crippen molar-refractivity contribution >= 4 is 17.4 Å². The fourth-order valence-electron chi connectivity index (χ4n) is 3.19. The fraction of sp³-hybridized carbons (Fsp3) is 0.476. The van der Waals surface area contributed by atoms with Crippen molar-refractivity contribution in [3.63, 3.8) is 0 Å². The van der Waals surface area contributed by atoms with E-state index in [9.17, 15) is 4.79 Å². The lowest BCUT2D eigenvalue weighted by atomic mass is 9.87. The Morgan fingerprint density at radius 3 is 2.33 bits per heavy atom. The van der Waals surface area contributed by atoms with E-state index in [1.54, 1.807) is 6.07 Å². The molecule has 0 atom stereocenters. The van der Waals surface area contributed by atoms with E-state index < -0.39 is 0 Å². The third kappa shape index (κ3) is 4.83. The number of aromatic nitrogens is 2. The van der Waals surface area contributed by atoms with Crippen LogP contribution in [-0.2, 0) is 5.41 Å². The molecule has 0 bridgehead atoms. The molecular formula is C21H29N5O. The molecule has 1 aromatic carbocycles. The molecule has 0 aliphatic carbocycles. The summed E-state index contributed by atoms with van der Waals surface area (Å²) in [6.07, 6.45) is 1.47. The molecule has 3 rings (SSSR count). The van der Waals surface area contributed by atoms with Gasteiger partial charge in [-0.05, 0) is 29.7 Å². The molecule has 0 saturated carbocycles. The smallest absolute Gasteiger partial charge is 0.274 e. The molecule has 6 nitrogen and oxygen atoms in total. The van der Waals surface area contributed by atoms with Gasteiger partial charge in [-0.2, -0.15) is 0 Å². The van der Waals surface area contributed by atoms with E-state index in [-0.39, 0.29) is 11.3 Å². The SMILES string of the molecule is CCN1CCN(c2cc(C(=O)Nc3ccc(C(C)(C)C)cc3)ncn2)CC1. The zero-order valence-corrected chi connectivity index (χ0v) is 16.7. The maximum atomic E-state index is 12.6. The summed E-state index contributed by atoms with van der Waals surface area (Å²) >= 11 is 0. The van der Waals surface area contributed by atoms with Crippen LogP contribution in [0.2, 0.25) is 0 Å². The summed E-state index contributed by atoms with van der Waals surface area (Å²) in [6.45, 7) is 13.6. The van der Waals surface area contributed by atoms with E-state index in [0.717, 1.165) is 44.2 Å². The predicted molar refractivity (Wildman–Crippen MR) is 109 cm³/mol. The summed E-state index contributed by atoms with van der Waals surface area (Å²) in [5.74, 6) is 0.600. The maximum absolute atomic E-state index is 12.6. The molecule has 1 aliphatic rings. The van der Waals surface area contributed by atoms with Crippen LogP contribution in [0.15, 0.2) is 36.7 Å². The number of piperazine rings is 1. The molecule has 2 aromatic rings. The van der Waals surface area contributed by atoms with Crippen molar-refractivity contribution in [1.82, 2.24) is 14.9 Å². The summed E-state index contributed by atoms with van der Waals surface area (Å²) in [4.78, 5) is 25.7. The van der Waals surface area contributed by atoms with Gasteiger partial charge in [0, 0.05) is 37.9 Å². The van der Waals surface area contributed by atoms with Crippen molar-refractivity contribution in [1.29, 1.82) is 0 Å². The van der Waals surface area contributed by atoms with Crippen LogP contribution in [0.4, 0.5) is 11.5 Å². The first-order valence-corrected chi connectivity index (χ1v) is 9.58. The molecule has 1 aliphatic heterocycles. The van der Waals surface area contributed by atoms with E-state index >= 15 is 0 Å². The van der Waals surface area contributed by atoms with Crippen LogP contribution in [0.3, 0.4) is 0 Å². The normalized spacial score (nSPS) is 15.6. The van der Waals surface area contributed by atoms with Crippen LogP contribution in [-0.4, -0.2) is 53.5 Å². The predicted octanol–water partition coefficient (Wildman–Crippen LogP) is 3.17. The van der Waals surface area contributed by atoms with Crippen molar-refractivity contribution < 1.29 is 4.79 Å². The quantitative estimate of drug-likeness (QED) is 0.899. The van der Waals surface area contributed by atoms with E-state index in [0.29, 0.717) is 5.69 Å². The minimum absolute atomic E-state index is 0.0892. The summed E-state index contributed by atoms with van der Waals surface area (Å²) < 4.78 is 0. The van der Waals surface area contributed by atoms with Gasteiger partial charge in [0.15, 0.2) is 0 Å². The number of rotatable bonds is 4. The van der Waals surface area contributed by atoms with Crippen LogP contribution >= 0.6 is 0 Å². The molecule has 2 heterocycles. The summed E-state index contributed by atoms with van der Waals surface area (Å²) in [6, 6.07) is 9.75. The summed E-state index contributed by atoms with van der Waals surface area (Å²) in [7, 11) is 0. The molecule has 6 heteroatoms. The number of nitrogens with one attached hydrogen (secondary N) is 1. The third-order valence-corrected chi connectivity index (χ3v) is 5.04. The Morgan fingerprint density at radius 2 is 1.74 bits per heavy atom. The number of amides is 1. The van der Waals surface area contributed by atoms with E-state index in [1.807, 2.05) is 24.3 Å². The lowest BCUT2D eigenvalue weighted by molar-refractivity contribution is 0.102. The lowest BCUT2D eigenvalue weighted by Crippen LogP contribution is -2.46. The number of carbonyl (C=O) groups excluding carboxylic acids is 1. The highest BCUT2D eigenvalue weighted by molar-refractivity contribution is 6.03. The van der Waals surface area contributed by atoms with Gasteiger partial charge in [-0.25, -0.2) is 9.97 Å². The Labute approximate surface area is 161 Å². The highest BCUT2D eigenvalue weighted by Gasteiger charge is 2.19. The minimum atomic E-state index is -0.214. The molecular weight excluding hydrogens is 338 g/mol. The Bertz CT molecular complexity index is 774. The molecule has 0 spiro atoms. The number of anilines is 2. The summed E-state index contributed by atoms with van der Waals surface area (Å²) in [5.41, 5.74) is 2.48. The van der Waals surface area contributed by atoms with Crippen LogP contribution in [0, 0.1) is 0 Å². The standard InChI is InChI=1S/C21H29N5O/c1-5-25-10-12-26(13-11-25)19-14-18(22-15-23-19)20(27)24-17-8-6-16(7-9-17)21(2,3)4/h6-9,14-15H,5,10-13H2,1-4H3,(H,24,27). The van der Waals surface area contributed by atoms with Gasteiger partial charge >= 0.3 is 0 Å². The number of carbonyl (C=O) groups is 1. The number of likely N-dealkylation sites (N-methyl/N-ethyl adjacent to an activating group) is 1. The molecule has 0 radical (unpaired) electrons. The van der Waals surface area contributed by atoms with E-state index in [1.165, 1.54) is 11.9 Å². The van der Waals surface area contributed by atoms with Gasteiger partial charge in [0.25, 0.3) is 5.91 Å². The average molecular weight is 367 g/mol. The Hall–Kier alpha value is -2.47. The first-order chi connectivity index (χ1) is 12.9. The van der Waals surface area contributed by atoms with Crippen LogP contribution in [0.5, 0.6) is 0 Å². The molecule has 1 N–H and O–H groups in total. The molecule has 1 amide bonds. The Morgan fingerprint density at radius 1 is 1.07 bits per heavy atom. The number of hydrogen-bond donors (Lipinski definition) is 1. The van der Waals surface area contributed by atoms with E-state index in [2.05, 4.69) is 52.8 Å². The highest BCUT2D eigenvalue weighted by atomic mass is 16.1. The largest absolute Gasteiger partial charge is 0.354 e. The third-order valence-electron chi connectivity index (χ3n) is 5.04. The van der Waals surface area contributed by atoms with Crippen molar-refractivity contribution in [2.45, 2.75) is 33.1 Å². The lowest BCUT2D eigenvalue weighted by Gasteiger charge is -2.34. The zero-order chi connectivity index (χ0) is 19.4. The first kappa shape index (κ1) is 19.3. The van der Waals surface area contributed by atoms with Gasteiger partial charge in [0.2, 0.25) is 0 Å². The van der Waals surface area contributed by atoms with Crippen molar-refractivity contribution in [3.8, 4) is 0 Å². The van der Waals surface area contributed by atoms with Gasteiger partial charge in [-0.1, -0.05) is 39.8 Å². The summed E-state index contributed by atoms with van der Waals surface area (Å²) in [5, 5.41) is 2.93. The molecule has 1 saturated heterocycles. The average Bonchev–Trinajstić information content (AvgIpc) is 2.68. The van der Waals surface area contributed by atoms with Crippen LogP contribution < -0.4 is 10.2 Å². The molecule has 27 heavy (non-hydrogen) atoms. The fourth-order valence-corrected chi connectivity index (χ4v) is 3.19. The zero-order valence-electron chi connectivity index (χ0n) is 16.7. The minimum Gasteiger partial charge on any atom is -0.354 e. The second-order valence-electron chi connectivity index (χ2n) is 7.96. The Kier molecular flexibility index (Phi) is 5.75. The second-order valence-corrected chi connectivity index (χ2v) is 7.96. The topological polar surface area (TPSA) is 61.4 Å². The van der Waals surface area contributed by atoms with Crippen LogP contribution in [0.1, 0.15) is 43.7 Å². The van der Waals surface area contributed by atoms with Crippen molar-refractivity contribution in [2.75, 3.05) is 42.9 Å². The van der Waals surface area contributed by atoms with E-state index in [4.69, 9.17) is 0 Å². The van der Waals surface area contributed by atoms with Crippen molar-refractivity contribution in [3.05, 3.63) is 47.9 Å². The number of benzene rings is 1. The number of hydrogen-bond acceptors (Lipinski definition) is 5. The van der Waals surface area contributed by atoms with Gasteiger partial charge in [0.05, 0.1) is 0 Å². The van der Waals surface area contributed by atoms with Gasteiger partial charge in [0.1, 0.15) is 17.8 Å². The molecule has 1 fully saturated rings. The van der Waals surface area contributed by atoms with Crippen molar-refractivity contribution in [2.24, 2.45) is 0 Å². The molecule has 144 valence electrons.